The SMILES string of the molecule is CCCCOC(=O)C(C)(C)N.CCCCOC(=O)C(C)(C)NP(=O)(CO[C@H](C)Cn1cnc2c(N)ncnc21)Oc1ccc(Cl)cc1.C[C@H](Cn1cnc2c(N)ncnc21)OCP(=O)(O)O.Cl.Oc1ccc(Cl)cc1. The molecule has 0 aliphatic rings. The van der Waals surface area contributed by atoms with Crippen molar-refractivity contribution in [3.63, 3.8) is 0 Å². The molecule has 24 nitrogen and oxygen atoms in total. The molecule has 0 radical (unpaired) electrons. The van der Waals surface area contributed by atoms with Crippen molar-refractivity contribution in [1.29, 1.82) is 0 Å². The normalized spacial score (nSPS) is 13.0. The van der Waals surface area contributed by atoms with E-state index in [0.717, 1.165) is 25.7 Å². The van der Waals surface area contributed by atoms with Gasteiger partial charge in [0.15, 0.2) is 22.9 Å². The van der Waals surface area contributed by atoms with Gasteiger partial charge in [0.2, 0.25) is 0 Å². The van der Waals surface area contributed by atoms with Gasteiger partial charge in [-0.15, -0.1) is 12.4 Å². The molecule has 75 heavy (non-hydrogen) atoms. The number of aromatic hydroxyl groups is 1. The van der Waals surface area contributed by atoms with E-state index in [1.807, 2.05) is 20.8 Å². The number of phenolic OH excluding ortho intramolecular Hbond substituents is 1. The number of hydrogen-bond donors (Lipinski definition) is 7. The van der Waals surface area contributed by atoms with Crippen LogP contribution in [-0.2, 0) is 50.8 Å². The molecule has 0 bridgehead atoms. The first kappa shape index (κ1) is 65.9. The number of carbonyl (C=O) groups is 2. The molecule has 0 amide bonds. The van der Waals surface area contributed by atoms with Gasteiger partial charge in [-0.3, -0.25) is 18.7 Å². The van der Waals surface area contributed by atoms with Crippen LogP contribution >= 0.6 is 50.7 Å². The molecule has 6 aromatic rings. The minimum atomic E-state index is -4.16. The van der Waals surface area contributed by atoms with Gasteiger partial charge in [-0.1, -0.05) is 49.9 Å². The number of rotatable bonds is 22. The topological polar surface area (TPSA) is 352 Å². The summed E-state index contributed by atoms with van der Waals surface area (Å²) in [4.78, 5) is 65.5. The summed E-state index contributed by atoms with van der Waals surface area (Å²) in [6.07, 6.45) is 7.63. The van der Waals surface area contributed by atoms with E-state index in [2.05, 4.69) is 35.0 Å². The van der Waals surface area contributed by atoms with E-state index >= 15 is 0 Å². The summed E-state index contributed by atoms with van der Waals surface area (Å²) in [5.74, 6) is 0.263. The van der Waals surface area contributed by atoms with Crippen molar-refractivity contribution in [2.75, 3.05) is 37.4 Å². The lowest BCUT2D eigenvalue weighted by molar-refractivity contribution is -0.150. The van der Waals surface area contributed by atoms with Crippen LogP contribution in [0.25, 0.3) is 22.3 Å². The van der Waals surface area contributed by atoms with E-state index in [-0.39, 0.29) is 48.7 Å². The van der Waals surface area contributed by atoms with Crippen molar-refractivity contribution in [3.8, 4) is 11.5 Å². The van der Waals surface area contributed by atoms with Crippen LogP contribution in [0.5, 0.6) is 11.5 Å². The standard InChI is InChI=1S/C23H32ClN6O5P.C9H14N5O4P.C8H17NO2.C6H5ClO.ClH/c1-5-6-11-33-22(31)23(3,4)29-36(32,35-18-9-7-17(24)8-10-18)15-34-16(2)12-30-14-28-19-20(25)26-13-27-21(19)30;1-6(18-5-19(15,16)17)2-14-4-13-7-8(10)11-3-12-9(7)14;1-4-5-6-11-7(10)8(2,3)9;7-5-1-3-6(8)4-2-5;/h7-10,13-14,16H,5-6,11-12,15H2,1-4H3,(H,29,32)(H2,25,26,27);3-4,6H,2,5H2,1H3,(H2,10,11,12)(H2,15,16,17);4-6,9H2,1-3H3;1-4,8H;1H/t16-,36?;6-;;;/m11.../s1. The number of nitrogens with one attached hydrogen (secondary N) is 1. The van der Waals surface area contributed by atoms with E-state index < -0.39 is 50.7 Å². The van der Waals surface area contributed by atoms with Crippen molar-refractivity contribution in [3.05, 3.63) is 83.9 Å². The Balaban J connectivity index is 0.000000407. The maximum atomic E-state index is 13.9. The Bertz CT molecular complexity index is 2760. The van der Waals surface area contributed by atoms with Crippen LogP contribution in [0.15, 0.2) is 73.8 Å². The molecule has 3 atom stereocenters. The molecule has 2 aromatic carbocycles. The average Bonchev–Trinajstić information content (AvgIpc) is 3.94. The smallest absolute Gasteiger partial charge is 0.350 e. The van der Waals surface area contributed by atoms with Crippen LogP contribution in [0, 0.1) is 0 Å². The minimum Gasteiger partial charge on any atom is -0.508 e. The molecule has 0 saturated heterocycles. The molecule has 4 aromatic heterocycles. The van der Waals surface area contributed by atoms with Gasteiger partial charge in [-0.25, -0.2) is 35.0 Å². The quantitative estimate of drug-likeness (QED) is 0.0193. The zero-order valence-electron chi connectivity index (χ0n) is 43.0. The Morgan fingerprint density at radius 2 is 1.13 bits per heavy atom. The van der Waals surface area contributed by atoms with Crippen molar-refractivity contribution < 1.29 is 57.1 Å². The molecule has 0 spiro atoms. The molecule has 29 heteroatoms. The third-order valence-corrected chi connectivity index (χ3v) is 12.5. The number of nitrogen functional groups attached to an aromatic ring is 2. The first-order valence-corrected chi connectivity index (χ1v) is 27.5. The van der Waals surface area contributed by atoms with Gasteiger partial charge >= 0.3 is 27.1 Å². The van der Waals surface area contributed by atoms with Crippen LogP contribution in [0.1, 0.15) is 81.1 Å². The maximum Gasteiger partial charge on any atom is 0.350 e. The zero-order chi connectivity index (χ0) is 55.3. The van der Waals surface area contributed by atoms with Crippen LogP contribution in [0.4, 0.5) is 11.6 Å². The van der Waals surface area contributed by atoms with Crippen LogP contribution in [0.2, 0.25) is 10.0 Å². The maximum absolute atomic E-state index is 13.9. The molecular formula is C46H69Cl3N12O12P2. The van der Waals surface area contributed by atoms with Gasteiger partial charge < -0.3 is 64.7 Å². The number of esters is 2. The molecule has 1 unspecified atom stereocenters. The summed E-state index contributed by atoms with van der Waals surface area (Å²) in [7, 11) is -7.92. The lowest BCUT2D eigenvalue weighted by Crippen LogP contribution is -2.47. The fourth-order valence-electron chi connectivity index (χ4n) is 5.82. The van der Waals surface area contributed by atoms with E-state index in [1.165, 1.54) is 19.0 Å². The number of imidazole rings is 2. The van der Waals surface area contributed by atoms with Crippen LogP contribution in [-0.4, -0.2) is 115 Å². The summed E-state index contributed by atoms with van der Waals surface area (Å²) in [6, 6.07) is 12.8. The second kappa shape index (κ2) is 31.1. The highest BCUT2D eigenvalue weighted by molar-refractivity contribution is 7.57. The van der Waals surface area contributed by atoms with Crippen LogP contribution < -0.4 is 26.8 Å². The monoisotopic (exact) mass is 1150 g/mol. The van der Waals surface area contributed by atoms with Crippen LogP contribution in [0.3, 0.4) is 0 Å². The lowest BCUT2D eigenvalue weighted by Gasteiger charge is -2.30. The Morgan fingerprint density at radius 1 is 0.707 bits per heavy atom. The summed E-state index contributed by atoms with van der Waals surface area (Å²) >= 11 is 11.5. The fraction of sp³-hybridized carbons (Fsp3) is 0.478. The molecule has 10 N–H and O–H groups in total. The van der Waals surface area contributed by atoms with E-state index in [0.29, 0.717) is 57.8 Å². The van der Waals surface area contributed by atoms with E-state index in [1.54, 1.807) is 98.6 Å². The minimum absolute atomic E-state index is 0. The summed E-state index contributed by atoms with van der Waals surface area (Å²) in [5, 5.41) is 12.7. The van der Waals surface area contributed by atoms with E-state index in [9.17, 15) is 18.7 Å². The second-order valence-corrected chi connectivity index (χ2v) is 22.1. The van der Waals surface area contributed by atoms with Gasteiger partial charge in [0.05, 0.1) is 51.2 Å². The highest BCUT2D eigenvalue weighted by atomic mass is 35.5. The molecule has 0 saturated carbocycles. The number of ether oxygens (including phenoxy) is 4. The molecular weight excluding hydrogens is 1080 g/mol. The number of nitrogens with two attached hydrogens (primary N) is 3. The van der Waals surface area contributed by atoms with Crippen molar-refractivity contribution >= 4 is 96.6 Å². The van der Waals surface area contributed by atoms with Crippen molar-refractivity contribution in [1.82, 2.24) is 44.1 Å². The molecule has 0 aliphatic heterocycles. The first-order valence-electron chi connectivity index (χ1n) is 23.2. The Hall–Kier alpha value is -5.23. The number of anilines is 2. The lowest BCUT2D eigenvalue weighted by atomic mass is 10.1. The van der Waals surface area contributed by atoms with Gasteiger partial charge in [0.25, 0.3) is 0 Å². The Labute approximate surface area is 451 Å². The van der Waals surface area contributed by atoms with Crippen molar-refractivity contribution in [2.24, 2.45) is 5.73 Å². The number of unbranched alkanes of at least 4 members (excludes halogenated alkanes) is 2. The Morgan fingerprint density at radius 3 is 1.55 bits per heavy atom. The fourth-order valence-corrected chi connectivity index (χ4v) is 8.54. The predicted molar refractivity (Wildman–Crippen MR) is 290 cm³/mol. The number of benzene rings is 2. The summed E-state index contributed by atoms with van der Waals surface area (Å²) in [6.45, 7) is 15.5. The molecule has 0 aliphatic carbocycles. The average molecular weight is 1150 g/mol. The van der Waals surface area contributed by atoms with E-state index in [4.69, 9.17) is 78.8 Å². The molecule has 6 rings (SSSR count). The van der Waals surface area contributed by atoms with Crippen molar-refractivity contribution in [2.45, 2.75) is 117 Å². The number of halogens is 3. The zero-order valence-corrected chi connectivity index (χ0v) is 47.2. The van der Waals surface area contributed by atoms with Gasteiger partial charge in [-0.05, 0) is 103 Å². The van der Waals surface area contributed by atoms with Gasteiger partial charge in [-0.2, -0.15) is 0 Å². The number of fused-ring (bicyclic) bond motifs is 2. The summed E-state index contributed by atoms with van der Waals surface area (Å²) < 4.78 is 55.2. The number of carbonyl (C=O) groups excluding carboxylic acids is 2. The number of aromatic nitrogens is 8. The second-order valence-electron chi connectivity index (χ2n) is 17.7. The number of hydrogen-bond acceptors (Lipinski definition) is 19. The third-order valence-electron chi connectivity index (χ3n) is 9.66. The molecule has 416 valence electrons. The first-order chi connectivity index (χ1) is 34.7. The highest BCUT2D eigenvalue weighted by Crippen LogP contribution is 2.46. The largest absolute Gasteiger partial charge is 0.508 e. The summed E-state index contributed by atoms with van der Waals surface area (Å²) in [5.41, 5.74) is 16.9. The Kier molecular flexibility index (Phi) is 27.3. The van der Waals surface area contributed by atoms with Gasteiger partial charge in [0.1, 0.15) is 59.0 Å². The highest BCUT2D eigenvalue weighted by Gasteiger charge is 2.39. The number of phenols is 1. The number of nitrogens with zero attached hydrogens (tertiary/aromatic N) is 8. The van der Waals surface area contributed by atoms with Gasteiger partial charge in [0, 0.05) is 10.0 Å². The predicted octanol–water partition coefficient (Wildman–Crippen LogP) is 7.89. The molecule has 0 fully saturated rings. The third kappa shape index (κ3) is 23.7. The molecule has 4 heterocycles.